The van der Waals surface area contributed by atoms with Gasteiger partial charge in [0.15, 0.2) is 0 Å². The van der Waals surface area contributed by atoms with E-state index < -0.39 is 0 Å². The molecule has 1 saturated carbocycles. The average Bonchev–Trinajstić information content (AvgIpc) is 3.24. The van der Waals surface area contributed by atoms with Gasteiger partial charge in [0.1, 0.15) is 5.82 Å². The number of nitrogens with zero attached hydrogens (tertiary/aromatic N) is 3. The van der Waals surface area contributed by atoms with Crippen LogP contribution in [-0.2, 0) is 11.3 Å². The minimum absolute atomic E-state index is 0.482. The summed E-state index contributed by atoms with van der Waals surface area (Å²) in [4.78, 5) is 9.58. The van der Waals surface area contributed by atoms with Crippen LogP contribution in [0.4, 0.5) is 5.82 Å². The van der Waals surface area contributed by atoms with Crippen LogP contribution in [-0.4, -0.2) is 48.8 Å². The molecule has 4 heteroatoms. The number of hydrogen-bond acceptors (Lipinski definition) is 4. The fraction of sp³-hybridized carbons (Fsp3) is 0.706. The molecular weight excluding hydrogens is 262 g/mol. The van der Waals surface area contributed by atoms with E-state index in [2.05, 4.69) is 33.1 Å². The number of anilines is 1. The lowest BCUT2D eigenvalue weighted by atomic mass is 10.1. The summed E-state index contributed by atoms with van der Waals surface area (Å²) in [5.41, 5.74) is 1.33. The van der Waals surface area contributed by atoms with Gasteiger partial charge in [-0.25, -0.2) is 4.98 Å². The van der Waals surface area contributed by atoms with E-state index in [1.54, 1.807) is 0 Å². The Balaban J connectivity index is 1.35. The Kier molecular flexibility index (Phi) is 3.82. The van der Waals surface area contributed by atoms with Crippen molar-refractivity contribution < 1.29 is 4.74 Å². The van der Waals surface area contributed by atoms with Crippen molar-refractivity contribution >= 4 is 5.82 Å². The summed E-state index contributed by atoms with van der Waals surface area (Å²) in [6.45, 7) is 6.38. The Bertz CT molecular complexity index is 465. The smallest absolute Gasteiger partial charge is 0.128 e. The Morgan fingerprint density at radius 3 is 2.71 bits per heavy atom. The molecule has 3 fully saturated rings. The van der Waals surface area contributed by atoms with Crippen LogP contribution in [0, 0.1) is 5.92 Å². The number of ether oxygens (including phenoxy) is 1. The molecule has 1 aliphatic carbocycles. The van der Waals surface area contributed by atoms with Crippen LogP contribution < -0.4 is 4.90 Å². The van der Waals surface area contributed by atoms with Crippen LogP contribution in [0.15, 0.2) is 18.3 Å². The molecule has 0 spiro atoms. The van der Waals surface area contributed by atoms with Gasteiger partial charge in [0.05, 0.1) is 12.7 Å². The highest BCUT2D eigenvalue weighted by molar-refractivity contribution is 5.40. The van der Waals surface area contributed by atoms with E-state index in [1.807, 2.05) is 0 Å². The summed E-state index contributed by atoms with van der Waals surface area (Å²) in [5.74, 6) is 1.98. The molecule has 0 bridgehead atoms. The van der Waals surface area contributed by atoms with Gasteiger partial charge in [-0.15, -0.1) is 0 Å². The maximum Gasteiger partial charge on any atom is 0.128 e. The topological polar surface area (TPSA) is 28.6 Å². The van der Waals surface area contributed by atoms with Crippen LogP contribution in [0.5, 0.6) is 0 Å². The van der Waals surface area contributed by atoms with E-state index in [-0.39, 0.29) is 0 Å². The van der Waals surface area contributed by atoms with Crippen LogP contribution in [0.2, 0.25) is 0 Å². The summed E-state index contributed by atoms with van der Waals surface area (Å²) >= 11 is 0. The lowest BCUT2D eigenvalue weighted by molar-refractivity contribution is -0.0418. The number of morpholine rings is 1. The van der Waals surface area contributed by atoms with Crippen LogP contribution in [0.1, 0.15) is 31.2 Å². The Labute approximate surface area is 127 Å². The fourth-order valence-electron chi connectivity index (χ4n) is 3.53. The third kappa shape index (κ3) is 3.22. The van der Waals surface area contributed by atoms with Crippen molar-refractivity contribution in [3.63, 3.8) is 0 Å². The number of pyridine rings is 1. The van der Waals surface area contributed by atoms with Crippen molar-refractivity contribution in [2.75, 3.05) is 37.7 Å². The Morgan fingerprint density at radius 1 is 1.14 bits per heavy atom. The second-order valence-electron chi connectivity index (χ2n) is 6.70. The Morgan fingerprint density at radius 2 is 2.00 bits per heavy atom. The standard InChI is InChI=1S/C17H25N3O/c1-2-8-20(7-1)17-6-3-14(11-18-17)12-19-9-10-21-16(13-19)15-4-5-15/h3,6,11,15-16H,1-2,4-5,7-10,12-13H2. The van der Waals surface area contributed by atoms with E-state index >= 15 is 0 Å². The molecule has 0 N–H and O–H groups in total. The maximum atomic E-state index is 5.89. The van der Waals surface area contributed by atoms with E-state index in [9.17, 15) is 0 Å². The first-order valence-corrected chi connectivity index (χ1v) is 8.42. The van der Waals surface area contributed by atoms with Gasteiger partial charge in [0.25, 0.3) is 0 Å². The SMILES string of the molecule is c1cc(N2CCCC2)ncc1CN1CCOC(C2CC2)C1. The van der Waals surface area contributed by atoms with Crippen molar-refractivity contribution in [1.82, 2.24) is 9.88 Å². The molecule has 114 valence electrons. The lowest BCUT2D eigenvalue weighted by Crippen LogP contribution is -2.42. The van der Waals surface area contributed by atoms with Crippen LogP contribution >= 0.6 is 0 Å². The quantitative estimate of drug-likeness (QED) is 0.849. The van der Waals surface area contributed by atoms with Gasteiger partial charge in [-0.05, 0) is 43.2 Å². The fourth-order valence-corrected chi connectivity index (χ4v) is 3.53. The highest BCUT2D eigenvalue weighted by Crippen LogP contribution is 2.35. The van der Waals surface area contributed by atoms with E-state index in [0.29, 0.717) is 6.10 Å². The minimum atomic E-state index is 0.482. The normalized spacial score (nSPS) is 27.2. The lowest BCUT2D eigenvalue weighted by Gasteiger charge is -2.33. The molecule has 3 aliphatic rings. The monoisotopic (exact) mass is 287 g/mol. The summed E-state index contributed by atoms with van der Waals surface area (Å²) in [5, 5.41) is 0. The van der Waals surface area contributed by atoms with Crippen molar-refractivity contribution in [2.45, 2.75) is 38.3 Å². The molecule has 1 atom stereocenters. The molecule has 0 aromatic carbocycles. The van der Waals surface area contributed by atoms with Gasteiger partial charge in [-0.2, -0.15) is 0 Å². The largest absolute Gasteiger partial charge is 0.375 e. The van der Waals surface area contributed by atoms with Crippen molar-refractivity contribution in [3.8, 4) is 0 Å². The summed E-state index contributed by atoms with van der Waals surface area (Å²) in [6, 6.07) is 4.45. The van der Waals surface area contributed by atoms with Crippen molar-refractivity contribution in [3.05, 3.63) is 23.9 Å². The van der Waals surface area contributed by atoms with Gasteiger partial charge in [0.2, 0.25) is 0 Å². The van der Waals surface area contributed by atoms with Crippen LogP contribution in [0.25, 0.3) is 0 Å². The molecule has 0 amide bonds. The molecule has 1 aromatic rings. The summed E-state index contributed by atoms with van der Waals surface area (Å²) in [7, 11) is 0. The molecule has 2 saturated heterocycles. The second-order valence-corrected chi connectivity index (χ2v) is 6.70. The Hall–Kier alpha value is -1.13. The first kappa shape index (κ1) is 13.5. The predicted molar refractivity (Wildman–Crippen MR) is 83.4 cm³/mol. The van der Waals surface area contributed by atoms with E-state index in [1.165, 1.54) is 44.3 Å². The predicted octanol–water partition coefficient (Wildman–Crippen LogP) is 2.29. The number of aromatic nitrogens is 1. The molecular formula is C17H25N3O. The van der Waals surface area contributed by atoms with E-state index in [0.717, 1.165) is 38.0 Å². The van der Waals surface area contributed by atoms with Gasteiger partial charge >= 0.3 is 0 Å². The first-order chi connectivity index (χ1) is 10.4. The molecule has 1 aromatic heterocycles. The molecule has 1 unspecified atom stereocenters. The van der Waals surface area contributed by atoms with Crippen molar-refractivity contribution in [1.29, 1.82) is 0 Å². The third-order valence-electron chi connectivity index (χ3n) is 4.97. The zero-order valence-electron chi connectivity index (χ0n) is 12.7. The summed E-state index contributed by atoms with van der Waals surface area (Å²) < 4.78 is 5.89. The maximum absolute atomic E-state index is 5.89. The number of rotatable bonds is 4. The van der Waals surface area contributed by atoms with Crippen molar-refractivity contribution in [2.24, 2.45) is 5.92 Å². The molecule has 4 rings (SSSR count). The van der Waals surface area contributed by atoms with Crippen LogP contribution in [0.3, 0.4) is 0 Å². The van der Waals surface area contributed by atoms with Gasteiger partial charge in [-0.3, -0.25) is 4.90 Å². The molecule has 21 heavy (non-hydrogen) atoms. The molecule has 0 radical (unpaired) electrons. The van der Waals surface area contributed by atoms with E-state index in [4.69, 9.17) is 4.74 Å². The van der Waals surface area contributed by atoms with Gasteiger partial charge in [-0.1, -0.05) is 6.07 Å². The first-order valence-electron chi connectivity index (χ1n) is 8.42. The molecule has 3 heterocycles. The zero-order chi connectivity index (χ0) is 14.1. The number of hydrogen-bond donors (Lipinski definition) is 0. The van der Waals surface area contributed by atoms with Gasteiger partial charge in [0, 0.05) is 38.9 Å². The highest BCUT2D eigenvalue weighted by Gasteiger charge is 2.35. The summed E-state index contributed by atoms with van der Waals surface area (Å²) in [6.07, 6.45) is 7.89. The highest BCUT2D eigenvalue weighted by atomic mass is 16.5. The molecule has 4 nitrogen and oxygen atoms in total. The second kappa shape index (κ2) is 5.93. The van der Waals surface area contributed by atoms with Gasteiger partial charge < -0.3 is 9.64 Å². The zero-order valence-corrected chi connectivity index (χ0v) is 12.7. The minimum Gasteiger partial charge on any atom is -0.375 e. The third-order valence-corrected chi connectivity index (χ3v) is 4.97. The average molecular weight is 287 g/mol. The molecule has 2 aliphatic heterocycles.